The number of nitrogens with one attached hydrogen (secondary N) is 2. The molecule has 0 bridgehead atoms. The summed E-state index contributed by atoms with van der Waals surface area (Å²) in [7, 11) is 4.31. The smallest absolute Gasteiger partial charge is 0.350 e. The predicted molar refractivity (Wildman–Crippen MR) is 140 cm³/mol. The highest BCUT2D eigenvalue weighted by Gasteiger charge is 2.32. The van der Waals surface area contributed by atoms with E-state index in [0.717, 1.165) is 0 Å². The number of piperidine rings is 1. The van der Waals surface area contributed by atoms with Crippen LogP contribution in [0.4, 0.5) is 5.13 Å². The summed E-state index contributed by atoms with van der Waals surface area (Å²) < 4.78 is 11.9. The monoisotopic (exact) mass is 569 g/mol. The average molecular weight is 570 g/mol. The van der Waals surface area contributed by atoms with Crippen LogP contribution in [0, 0.1) is 6.92 Å². The number of carbonyl (C=O) groups is 2. The highest BCUT2D eigenvalue weighted by Crippen LogP contribution is 2.34. The number of halogens is 2. The number of aryl methyl sites for hydroxylation is 1. The maximum atomic E-state index is 12.9. The fourth-order valence-corrected chi connectivity index (χ4v) is 5.34. The van der Waals surface area contributed by atoms with Gasteiger partial charge in [-0.3, -0.25) is 4.79 Å². The van der Waals surface area contributed by atoms with E-state index in [-0.39, 0.29) is 17.4 Å². The minimum Gasteiger partial charge on any atom is -0.465 e. The van der Waals surface area contributed by atoms with Gasteiger partial charge in [-0.2, -0.15) is 0 Å². The number of aromatic nitrogens is 4. The second-order valence-corrected chi connectivity index (χ2v) is 9.79. The van der Waals surface area contributed by atoms with Gasteiger partial charge in [-0.25, -0.2) is 14.8 Å². The van der Waals surface area contributed by atoms with Gasteiger partial charge in [-0.15, -0.1) is 0 Å². The molecule has 4 rings (SSSR count). The van der Waals surface area contributed by atoms with Gasteiger partial charge in [0, 0.05) is 31.7 Å². The van der Waals surface area contributed by atoms with Gasteiger partial charge in [-0.05, 0) is 13.3 Å². The van der Waals surface area contributed by atoms with Crippen molar-refractivity contribution in [1.29, 1.82) is 0 Å². The summed E-state index contributed by atoms with van der Waals surface area (Å²) >= 11 is 13.5. The number of thiazole rings is 1. The second-order valence-electron chi connectivity index (χ2n) is 8.06. The molecule has 0 radical (unpaired) electrons. The molecule has 4 heterocycles. The molecule has 0 aromatic carbocycles. The number of imidazole rings is 1. The summed E-state index contributed by atoms with van der Waals surface area (Å²) in [6.07, 6.45) is 3.85. The largest absolute Gasteiger partial charge is 0.465 e. The number of nitrogens with zero attached hydrogens (tertiary/aromatic N) is 5. The van der Waals surface area contributed by atoms with Crippen molar-refractivity contribution in [3.05, 3.63) is 38.7 Å². The van der Waals surface area contributed by atoms with Crippen molar-refractivity contribution in [2.24, 2.45) is 5.16 Å². The molecule has 1 aliphatic rings. The molecule has 12 nitrogen and oxygen atoms in total. The molecule has 37 heavy (non-hydrogen) atoms. The Labute approximate surface area is 226 Å². The van der Waals surface area contributed by atoms with Crippen molar-refractivity contribution in [2.75, 3.05) is 39.3 Å². The average Bonchev–Trinajstić information content (AvgIpc) is 3.59. The number of oxime groups is 1. The van der Waals surface area contributed by atoms with E-state index < -0.39 is 17.9 Å². The molecule has 1 amide bonds. The number of hydrogen-bond donors (Lipinski definition) is 2. The molecular formula is C22H25Cl2N7O5S. The van der Waals surface area contributed by atoms with Gasteiger partial charge in [0.25, 0.3) is 5.91 Å². The lowest BCUT2D eigenvalue weighted by Crippen LogP contribution is -2.52. The fraction of sp³-hybridized carbons (Fsp3) is 0.409. The Hall–Kier alpha value is -3.13. The Morgan fingerprint density at radius 3 is 2.73 bits per heavy atom. The van der Waals surface area contributed by atoms with Gasteiger partial charge in [0.2, 0.25) is 0 Å². The van der Waals surface area contributed by atoms with Crippen molar-refractivity contribution in [3.63, 3.8) is 0 Å². The van der Waals surface area contributed by atoms with E-state index in [4.69, 9.17) is 42.5 Å². The lowest BCUT2D eigenvalue weighted by molar-refractivity contribution is 0.0606. The maximum absolute atomic E-state index is 12.9. The van der Waals surface area contributed by atoms with Crippen molar-refractivity contribution in [2.45, 2.75) is 26.1 Å². The van der Waals surface area contributed by atoms with E-state index in [1.54, 1.807) is 31.0 Å². The number of hydrogen-bond acceptors (Lipinski definition) is 10. The SMILES string of the molecule is COCn1ccnc1-c1nc(N2CCC(NC(=O)c3[nH]c(C)c(Cl)c3Cl)/C(=N\OC)C2)sc1C(=O)OC. The molecule has 0 aliphatic carbocycles. The van der Waals surface area contributed by atoms with Gasteiger partial charge < -0.3 is 34.1 Å². The number of aromatic amines is 1. The zero-order valence-corrected chi connectivity index (χ0v) is 22.8. The van der Waals surface area contributed by atoms with E-state index in [1.165, 1.54) is 25.6 Å². The Morgan fingerprint density at radius 1 is 1.30 bits per heavy atom. The third kappa shape index (κ3) is 5.44. The summed E-state index contributed by atoms with van der Waals surface area (Å²) in [6.45, 7) is 2.80. The van der Waals surface area contributed by atoms with Crippen LogP contribution in [0.2, 0.25) is 10.0 Å². The van der Waals surface area contributed by atoms with Crippen LogP contribution in [-0.4, -0.2) is 77.6 Å². The summed E-state index contributed by atoms with van der Waals surface area (Å²) in [6, 6.07) is -0.415. The Morgan fingerprint density at radius 2 is 2.08 bits per heavy atom. The van der Waals surface area contributed by atoms with E-state index in [1.807, 2.05) is 4.90 Å². The number of anilines is 1. The van der Waals surface area contributed by atoms with Gasteiger partial charge in [0.15, 0.2) is 11.0 Å². The summed E-state index contributed by atoms with van der Waals surface area (Å²) in [5, 5.41) is 8.13. The number of amides is 1. The molecule has 198 valence electrons. The van der Waals surface area contributed by atoms with E-state index in [0.29, 0.717) is 57.5 Å². The van der Waals surface area contributed by atoms with Crippen LogP contribution < -0.4 is 10.2 Å². The number of ether oxygens (including phenoxy) is 2. The molecule has 1 atom stereocenters. The molecule has 3 aromatic rings. The standard InChI is InChI=1S/C22H25Cl2N7O5S/c1-11-14(23)15(24)16(26-11)20(32)27-12-5-7-30(9-13(12)29-36-4)22-28-17(18(37-22)21(33)35-3)19-25-6-8-31(19)10-34-2/h6,8,12,26H,5,7,9-10H2,1-4H3,(H,27,32)/b29-13-. The van der Waals surface area contributed by atoms with Crippen LogP contribution in [0.1, 0.15) is 32.3 Å². The summed E-state index contributed by atoms with van der Waals surface area (Å²) in [5.41, 5.74) is 1.75. The Balaban J connectivity index is 1.58. The zero-order chi connectivity index (χ0) is 26.7. The summed E-state index contributed by atoms with van der Waals surface area (Å²) in [4.78, 5) is 44.8. The Bertz CT molecular complexity index is 1330. The van der Waals surface area contributed by atoms with Crippen molar-refractivity contribution in [3.8, 4) is 11.5 Å². The van der Waals surface area contributed by atoms with Crippen LogP contribution in [0.3, 0.4) is 0 Å². The third-order valence-corrected chi connectivity index (χ3v) is 7.73. The quantitative estimate of drug-likeness (QED) is 0.311. The highest BCUT2D eigenvalue weighted by atomic mass is 35.5. The normalized spacial score (nSPS) is 16.8. The summed E-state index contributed by atoms with van der Waals surface area (Å²) in [5.74, 6) is -0.443. The minimum atomic E-state index is -0.518. The molecule has 0 spiro atoms. The third-order valence-electron chi connectivity index (χ3n) is 5.69. The van der Waals surface area contributed by atoms with Crippen molar-refractivity contribution >= 4 is 57.3 Å². The first kappa shape index (κ1) is 26.9. The number of carbonyl (C=O) groups excluding carboxylic acids is 2. The molecule has 1 aliphatic heterocycles. The van der Waals surface area contributed by atoms with Crippen molar-refractivity contribution in [1.82, 2.24) is 24.8 Å². The first-order valence-corrected chi connectivity index (χ1v) is 12.6. The van der Waals surface area contributed by atoms with Crippen LogP contribution in [-0.2, 0) is 21.0 Å². The van der Waals surface area contributed by atoms with Gasteiger partial charge in [0.1, 0.15) is 30.1 Å². The molecule has 1 unspecified atom stereocenters. The van der Waals surface area contributed by atoms with Gasteiger partial charge in [-0.1, -0.05) is 39.7 Å². The molecule has 0 saturated carbocycles. The maximum Gasteiger partial charge on any atom is 0.350 e. The van der Waals surface area contributed by atoms with Crippen molar-refractivity contribution < 1.29 is 23.9 Å². The number of methoxy groups -OCH3 is 2. The minimum absolute atomic E-state index is 0.164. The second kappa shape index (κ2) is 11.5. The molecule has 3 aromatic heterocycles. The molecule has 2 N–H and O–H groups in total. The lowest BCUT2D eigenvalue weighted by Gasteiger charge is -2.32. The van der Waals surface area contributed by atoms with Crippen LogP contribution in [0.25, 0.3) is 11.5 Å². The van der Waals surface area contributed by atoms with Crippen LogP contribution in [0.15, 0.2) is 17.5 Å². The van der Waals surface area contributed by atoms with E-state index in [9.17, 15) is 9.59 Å². The fourth-order valence-electron chi connectivity index (χ4n) is 3.92. The topological polar surface area (TPSA) is 136 Å². The molecule has 1 fully saturated rings. The van der Waals surface area contributed by atoms with E-state index >= 15 is 0 Å². The van der Waals surface area contributed by atoms with Gasteiger partial charge in [0.05, 0.1) is 35.5 Å². The predicted octanol–water partition coefficient (Wildman–Crippen LogP) is 3.35. The number of H-pyrrole nitrogens is 1. The molecule has 15 heteroatoms. The molecular weight excluding hydrogens is 545 g/mol. The van der Waals surface area contributed by atoms with Crippen LogP contribution in [0.5, 0.6) is 0 Å². The zero-order valence-electron chi connectivity index (χ0n) is 20.5. The van der Waals surface area contributed by atoms with E-state index in [2.05, 4.69) is 20.4 Å². The lowest BCUT2D eigenvalue weighted by atomic mass is 10.0. The van der Waals surface area contributed by atoms with Crippen LogP contribution >= 0.6 is 34.5 Å². The Kier molecular flexibility index (Phi) is 8.37. The number of esters is 1. The number of rotatable bonds is 8. The molecule has 1 saturated heterocycles. The first-order valence-electron chi connectivity index (χ1n) is 11.1. The first-order chi connectivity index (χ1) is 17.8. The van der Waals surface area contributed by atoms with Gasteiger partial charge >= 0.3 is 5.97 Å². The highest BCUT2D eigenvalue weighted by molar-refractivity contribution is 7.18.